The lowest BCUT2D eigenvalue weighted by atomic mass is 9.95. The van der Waals surface area contributed by atoms with Crippen molar-refractivity contribution in [2.24, 2.45) is 0 Å². The molecule has 0 unspecified atom stereocenters. The van der Waals surface area contributed by atoms with Crippen molar-refractivity contribution in [1.29, 1.82) is 0 Å². The molecule has 0 radical (unpaired) electrons. The Kier molecular flexibility index (Phi) is 9.61. The molecule has 8 aromatic carbocycles. The quantitative estimate of drug-likeness (QED) is 0.153. The Morgan fingerprint density at radius 1 is 0.309 bits per heavy atom. The maximum absolute atomic E-state index is 5.37. The molecule has 4 heterocycles. The van der Waals surface area contributed by atoms with E-state index in [1.165, 1.54) is 44.0 Å². The van der Waals surface area contributed by atoms with Crippen molar-refractivity contribution >= 4 is 38.8 Å². The lowest BCUT2D eigenvalue weighted by Crippen LogP contribution is -2.00. The van der Waals surface area contributed by atoms with Gasteiger partial charge in [0.2, 0.25) is 0 Å². The minimum Gasteiger partial charge on any atom is -0.310 e. The summed E-state index contributed by atoms with van der Waals surface area (Å²) < 4.78 is 4.79. The molecule has 1 aliphatic rings. The molecule has 0 fully saturated rings. The molecular formula is C64H44N4. The van der Waals surface area contributed by atoms with Crippen molar-refractivity contribution in [3.05, 3.63) is 248 Å². The van der Waals surface area contributed by atoms with Crippen LogP contribution < -0.4 is 0 Å². The summed E-state index contributed by atoms with van der Waals surface area (Å²) in [6.07, 6.45) is 6.71. The van der Waals surface area contributed by atoms with Crippen molar-refractivity contribution in [2.45, 2.75) is 12.8 Å². The van der Waals surface area contributed by atoms with Gasteiger partial charge in [-0.3, -0.25) is 0 Å². The summed E-state index contributed by atoms with van der Waals surface area (Å²) in [5.41, 5.74) is 20.9. The normalized spacial score (nSPS) is 12.2. The van der Waals surface area contributed by atoms with Gasteiger partial charge in [-0.2, -0.15) is 0 Å². The molecule has 0 N–H and O–H groups in total. The molecule has 4 aromatic heterocycles. The molecule has 320 valence electrons. The Morgan fingerprint density at radius 3 is 1.26 bits per heavy atom. The molecule has 0 saturated carbocycles. The van der Waals surface area contributed by atoms with E-state index in [1.54, 1.807) is 0 Å². The van der Waals surface area contributed by atoms with E-state index in [0.29, 0.717) is 0 Å². The van der Waals surface area contributed by atoms with Gasteiger partial charge in [-0.15, -0.1) is 0 Å². The Balaban J connectivity index is 0.935. The predicted molar refractivity (Wildman–Crippen MR) is 283 cm³/mol. The van der Waals surface area contributed by atoms with Crippen molar-refractivity contribution in [3.63, 3.8) is 0 Å². The molecule has 13 rings (SSSR count). The SMILES string of the molecule is C1=Cc2c(c3ccccc3n2-c2cccc(-c3cc(-c4cccc(-c5cc(-c6ccccc6)nc(-c6cccc(-n7c8ccccc8c8ccccc87)c6)c5)c4)cc(-c4ccccc4)n3)c2)CC1. The summed E-state index contributed by atoms with van der Waals surface area (Å²) in [4.78, 5) is 10.7. The molecule has 0 bridgehead atoms. The van der Waals surface area contributed by atoms with Crippen LogP contribution in [-0.4, -0.2) is 19.1 Å². The predicted octanol–water partition coefficient (Wildman–Crippen LogP) is 16.5. The van der Waals surface area contributed by atoms with Crippen molar-refractivity contribution in [2.75, 3.05) is 0 Å². The van der Waals surface area contributed by atoms with Gasteiger partial charge in [0.25, 0.3) is 0 Å². The molecule has 0 amide bonds. The zero-order valence-electron chi connectivity index (χ0n) is 37.3. The molecule has 4 nitrogen and oxygen atoms in total. The van der Waals surface area contributed by atoms with Crippen LogP contribution in [0.25, 0.3) is 117 Å². The number of allylic oxidation sites excluding steroid dienone is 1. The summed E-state index contributed by atoms with van der Waals surface area (Å²) in [6.45, 7) is 0. The molecule has 0 aliphatic heterocycles. The average molecular weight is 869 g/mol. The second kappa shape index (κ2) is 16.5. The first-order valence-electron chi connectivity index (χ1n) is 23.4. The van der Waals surface area contributed by atoms with E-state index >= 15 is 0 Å². The monoisotopic (exact) mass is 868 g/mol. The number of para-hydroxylation sites is 3. The van der Waals surface area contributed by atoms with Crippen LogP contribution in [0.5, 0.6) is 0 Å². The van der Waals surface area contributed by atoms with E-state index in [4.69, 9.17) is 9.97 Å². The number of hydrogen-bond donors (Lipinski definition) is 0. The number of benzene rings is 8. The van der Waals surface area contributed by atoms with Crippen molar-refractivity contribution in [3.8, 4) is 78.7 Å². The van der Waals surface area contributed by atoms with Gasteiger partial charge in [0, 0.05) is 55.5 Å². The third kappa shape index (κ3) is 6.94. The summed E-state index contributed by atoms with van der Waals surface area (Å²) in [7, 11) is 0. The van der Waals surface area contributed by atoms with Gasteiger partial charge in [0.05, 0.1) is 39.3 Å². The molecule has 0 spiro atoms. The van der Waals surface area contributed by atoms with Crippen LogP contribution in [0, 0.1) is 0 Å². The van der Waals surface area contributed by atoms with Gasteiger partial charge in [-0.25, -0.2) is 9.97 Å². The van der Waals surface area contributed by atoms with Crippen LogP contribution in [0.15, 0.2) is 237 Å². The lowest BCUT2D eigenvalue weighted by Gasteiger charge is -2.15. The molecule has 68 heavy (non-hydrogen) atoms. The number of nitrogens with zero attached hydrogens (tertiary/aromatic N) is 4. The van der Waals surface area contributed by atoms with E-state index in [9.17, 15) is 0 Å². The van der Waals surface area contributed by atoms with Crippen LogP contribution in [-0.2, 0) is 6.42 Å². The zero-order chi connectivity index (χ0) is 45.0. The summed E-state index contributed by atoms with van der Waals surface area (Å²) in [6, 6.07) is 82.7. The maximum Gasteiger partial charge on any atom is 0.0716 e. The first kappa shape index (κ1) is 39.5. The molecule has 1 aliphatic carbocycles. The molecular weight excluding hydrogens is 825 g/mol. The van der Waals surface area contributed by atoms with Crippen LogP contribution in [0.1, 0.15) is 17.7 Å². The number of pyridine rings is 2. The Hall–Kier alpha value is -8.86. The van der Waals surface area contributed by atoms with E-state index < -0.39 is 0 Å². The Morgan fingerprint density at radius 2 is 0.721 bits per heavy atom. The fourth-order valence-electron chi connectivity index (χ4n) is 10.4. The van der Waals surface area contributed by atoms with Crippen molar-refractivity contribution < 1.29 is 0 Å². The highest BCUT2D eigenvalue weighted by Gasteiger charge is 2.20. The Labute approximate surface area is 395 Å². The topological polar surface area (TPSA) is 35.6 Å². The number of aryl methyl sites for hydroxylation is 1. The zero-order valence-corrected chi connectivity index (χ0v) is 37.3. The van der Waals surface area contributed by atoms with Crippen molar-refractivity contribution in [1.82, 2.24) is 19.1 Å². The largest absolute Gasteiger partial charge is 0.310 e. The Bertz CT molecular complexity index is 3860. The standard InChI is InChI=1S/C64H44N4/c1-3-18-43(19-4-1)57-39-49(41-59(65-57)47-24-16-26-51(37-47)67-61-32-11-7-28-53(61)54-29-8-12-33-62(54)67)45-22-15-23-46(36-45)50-40-58(44-20-5-2-6-21-44)66-60(42-50)48-25-17-27-52(38-48)68-63-34-13-9-30-55(63)56-31-10-14-35-64(56)68/h1-9,11-30,32-42H,10,31H2. The van der Waals surface area contributed by atoms with Gasteiger partial charge in [-0.1, -0.05) is 164 Å². The first-order valence-corrected chi connectivity index (χ1v) is 23.4. The second-order valence-corrected chi connectivity index (χ2v) is 17.7. The van der Waals surface area contributed by atoms with Crippen LogP contribution >= 0.6 is 0 Å². The van der Waals surface area contributed by atoms with E-state index in [-0.39, 0.29) is 0 Å². The van der Waals surface area contributed by atoms with Gasteiger partial charge in [0.1, 0.15) is 0 Å². The fraction of sp³-hybridized carbons (Fsp3) is 0.0312. The van der Waals surface area contributed by atoms with Crippen LogP contribution in [0.4, 0.5) is 0 Å². The number of hydrogen-bond acceptors (Lipinski definition) is 2. The molecule has 0 atom stereocenters. The van der Waals surface area contributed by atoms with Gasteiger partial charge >= 0.3 is 0 Å². The average Bonchev–Trinajstić information content (AvgIpc) is 3.94. The van der Waals surface area contributed by atoms with E-state index in [2.05, 4.69) is 252 Å². The fourth-order valence-corrected chi connectivity index (χ4v) is 10.4. The van der Waals surface area contributed by atoms with E-state index in [0.717, 1.165) is 91.5 Å². The molecule has 0 saturated heterocycles. The number of aromatic nitrogens is 4. The number of rotatable bonds is 8. The van der Waals surface area contributed by atoms with Crippen LogP contribution in [0.2, 0.25) is 0 Å². The highest BCUT2D eigenvalue weighted by molar-refractivity contribution is 6.09. The highest BCUT2D eigenvalue weighted by Crippen LogP contribution is 2.39. The maximum atomic E-state index is 5.37. The van der Waals surface area contributed by atoms with E-state index in [1.807, 2.05) is 0 Å². The molecule has 12 aromatic rings. The third-order valence-corrected chi connectivity index (χ3v) is 13.6. The summed E-state index contributed by atoms with van der Waals surface area (Å²) in [5, 5.41) is 3.81. The second-order valence-electron chi connectivity index (χ2n) is 17.7. The van der Waals surface area contributed by atoms with Gasteiger partial charge in [-0.05, 0) is 120 Å². The summed E-state index contributed by atoms with van der Waals surface area (Å²) >= 11 is 0. The van der Waals surface area contributed by atoms with Crippen LogP contribution in [0.3, 0.4) is 0 Å². The minimum atomic E-state index is 0.916. The lowest BCUT2D eigenvalue weighted by molar-refractivity contribution is 0.967. The minimum absolute atomic E-state index is 0.916. The smallest absolute Gasteiger partial charge is 0.0716 e. The third-order valence-electron chi connectivity index (χ3n) is 13.6. The molecule has 4 heteroatoms. The van der Waals surface area contributed by atoms with Gasteiger partial charge in [0.15, 0.2) is 0 Å². The van der Waals surface area contributed by atoms with Gasteiger partial charge < -0.3 is 9.13 Å². The summed E-state index contributed by atoms with van der Waals surface area (Å²) in [5.74, 6) is 0. The first-order chi connectivity index (χ1) is 33.7. The highest BCUT2D eigenvalue weighted by atomic mass is 15.0. The number of fused-ring (bicyclic) bond motifs is 6.